The van der Waals surface area contributed by atoms with Gasteiger partial charge in [-0.2, -0.15) is 0 Å². The minimum absolute atomic E-state index is 0.0570. The molecule has 3 rings (SSSR count). The first kappa shape index (κ1) is 16.6. The van der Waals surface area contributed by atoms with Gasteiger partial charge in [-0.25, -0.2) is 0 Å². The lowest BCUT2D eigenvalue weighted by Crippen LogP contribution is -2.42. The van der Waals surface area contributed by atoms with Crippen LogP contribution in [0.1, 0.15) is 30.9 Å². The van der Waals surface area contributed by atoms with Crippen LogP contribution in [0.15, 0.2) is 54.6 Å². The van der Waals surface area contributed by atoms with Crippen molar-refractivity contribution in [2.45, 2.75) is 39.3 Å². The maximum Gasteiger partial charge on any atom is 0.261 e. The van der Waals surface area contributed by atoms with Crippen LogP contribution < -0.4 is 4.74 Å². The first-order chi connectivity index (χ1) is 11.6. The van der Waals surface area contributed by atoms with Crippen molar-refractivity contribution in [1.29, 1.82) is 0 Å². The lowest BCUT2D eigenvalue weighted by molar-refractivity contribution is -0.136. The molecule has 2 aromatic carbocycles. The molecule has 1 fully saturated rings. The van der Waals surface area contributed by atoms with Crippen LogP contribution in [0.2, 0.25) is 0 Å². The molecule has 0 radical (unpaired) electrons. The molecule has 24 heavy (non-hydrogen) atoms. The molecular weight excluding hydrogens is 298 g/mol. The Hall–Kier alpha value is -2.29. The summed E-state index contributed by atoms with van der Waals surface area (Å²) in [6, 6.07) is 18.3. The molecule has 0 N–H and O–H groups in total. The number of hydrogen-bond donors (Lipinski definition) is 0. The Kier molecular flexibility index (Phi) is 5.19. The fraction of sp³-hybridized carbons (Fsp3) is 0.381. The molecule has 0 bridgehead atoms. The van der Waals surface area contributed by atoms with Gasteiger partial charge >= 0.3 is 0 Å². The zero-order valence-electron chi connectivity index (χ0n) is 14.4. The minimum atomic E-state index is 0.0570. The first-order valence-electron chi connectivity index (χ1n) is 8.67. The van der Waals surface area contributed by atoms with Crippen LogP contribution in [0.4, 0.5) is 0 Å². The summed E-state index contributed by atoms with van der Waals surface area (Å²) in [4.78, 5) is 14.8. The van der Waals surface area contributed by atoms with Crippen molar-refractivity contribution in [3.05, 3.63) is 65.7 Å². The lowest BCUT2D eigenvalue weighted by atomic mass is 10.1. The first-order valence-corrected chi connectivity index (χ1v) is 8.67. The van der Waals surface area contributed by atoms with Gasteiger partial charge < -0.3 is 9.64 Å². The molecule has 0 spiro atoms. The van der Waals surface area contributed by atoms with E-state index in [0.717, 1.165) is 16.9 Å². The third kappa shape index (κ3) is 4.16. The van der Waals surface area contributed by atoms with Gasteiger partial charge in [0.2, 0.25) is 0 Å². The second kappa shape index (κ2) is 7.52. The summed E-state index contributed by atoms with van der Waals surface area (Å²) < 4.78 is 5.78. The van der Waals surface area contributed by atoms with Crippen molar-refractivity contribution < 1.29 is 9.53 Å². The Bertz CT molecular complexity index is 679. The van der Waals surface area contributed by atoms with Crippen molar-refractivity contribution in [1.82, 2.24) is 4.90 Å². The molecule has 3 heteroatoms. The quantitative estimate of drug-likeness (QED) is 0.764. The van der Waals surface area contributed by atoms with Gasteiger partial charge in [-0.3, -0.25) is 4.79 Å². The van der Waals surface area contributed by atoms with E-state index in [4.69, 9.17) is 4.74 Å². The Balaban J connectivity index is 1.67. The molecular formula is C21H25NO2. The second-order valence-electron chi connectivity index (χ2n) is 6.64. The molecule has 3 nitrogen and oxygen atoms in total. The van der Waals surface area contributed by atoms with E-state index in [0.29, 0.717) is 12.5 Å². The molecule has 0 heterocycles. The highest BCUT2D eigenvalue weighted by atomic mass is 16.5. The van der Waals surface area contributed by atoms with Crippen LogP contribution >= 0.6 is 0 Å². The second-order valence-corrected chi connectivity index (χ2v) is 6.64. The minimum Gasteiger partial charge on any atom is -0.484 e. The number of amides is 1. The highest BCUT2D eigenvalue weighted by Gasteiger charge is 2.34. The highest BCUT2D eigenvalue weighted by Crippen LogP contribution is 2.35. The van der Waals surface area contributed by atoms with Crippen molar-refractivity contribution in [3.8, 4) is 5.75 Å². The number of carbonyl (C=O) groups excluding carboxylic acids is 1. The summed E-state index contributed by atoms with van der Waals surface area (Å²) in [6.07, 6.45) is 2.44. The van der Waals surface area contributed by atoms with Crippen molar-refractivity contribution in [2.75, 3.05) is 6.61 Å². The molecule has 1 aliphatic carbocycles. The van der Waals surface area contributed by atoms with Gasteiger partial charge in [-0.05, 0) is 49.8 Å². The highest BCUT2D eigenvalue weighted by molar-refractivity contribution is 5.78. The SMILES string of the molecule is Cc1ccccc1OCC(=O)N(Cc1ccccc1)C(C)C1CC1. The van der Waals surface area contributed by atoms with Crippen molar-refractivity contribution in [2.24, 2.45) is 5.92 Å². The summed E-state index contributed by atoms with van der Waals surface area (Å²) in [5.41, 5.74) is 2.21. The van der Waals surface area contributed by atoms with Crippen LogP contribution in [-0.4, -0.2) is 23.5 Å². The molecule has 1 unspecified atom stereocenters. The molecule has 1 atom stereocenters. The van der Waals surface area contributed by atoms with E-state index in [2.05, 4.69) is 19.1 Å². The maximum absolute atomic E-state index is 12.8. The number of benzene rings is 2. The van der Waals surface area contributed by atoms with Crippen LogP contribution in [0.3, 0.4) is 0 Å². The topological polar surface area (TPSA) is 29.5 Å². The molecule has 0 aliphatic heterocycles. The van der Waals surface area contributed by atoms with Crippen molar-refractivity contribution >= 4 is 5.91 Å². The van der Waals surface area contributed by atoms with Gasteiger partial charge in [-0.1, -0.05) is 48.5 Å². The van der Waals surface area contributed by atoms with Gasteiger partial charge in [0.25, 0.3) is 5.91 Å². The third-order valence-electron chi connectivity index (χ3n) is 4.76. The van der Waals surface area contributed by atoms with Crippen molar-refractivity contribution in [3.63, 3.8) is 0 Å². The predicted molar refractivity (Wildman–Crippen MR) is 95.9 cm³/mol. The number of rotatable bonds is 7. The zero-order chi connectivity index (χ0) is 16.9. The van der Waals surface area contributed by atoms with Gasteiger partial charge in [-0.15, -0.1) is 0 Å². The number of hydrogen-bond acceptors (Lipinski definition) is 2. The number of para-hydroxylation sites is 1. The normalized spacial score (nSPS) is 14.9. The number of ether oxygens (including phenoxy) is 1. The summed E-state index contributed by atoms with van der Waals surface area (Å²) in [6.45, 7) is 4.89. The smallest absolute Gasteiger partial charge is 0.261 e. The standard InChI is InChI=1S/C21H25NO2/c1-16-8-6-7-11-20(16)24-15-21(23)22(17(2)19-12-13-19)14-18-9-4-3-5-10-18/h3-11,17,19H,12-15H2,1-2H3. The van der Waals surface area contributed by atoms with Crippen LogP contribution in [0, 0.1) is 12.8 Å². The Morgan fingerprint density at radius 1 is 1.12 bits per heavy atom. The monoisotopic (exact) mass is 323 g/mol. The predicted octanol–water partition coefficient (Wildman–Crippen LogP) is 4.20. The lowest BCUT2D eigenvalue weighted by Gasteiger charge is -2.29. The summed E-state index contributed by atoms with van der Waals surface area (Å²) in [5.74, 6) is 1.47. The van der Waals surface area contributed by atoms with Gasteiger partial charge in [0.1, 0.15) is 5.75 Å². The van der Waals surface area contributed by atoms with E-state index in [1.54, 1.807) is 0 Å². The summed E-state index contributed by atoms with van der Waals surface area (Å²) >= 11 is 0. The van der Waals surface area contributed by atoms with Gasteiger partial charge in [0.05, 0.1) is 0 Å². The van der Waals surface area contributed by atoms with E-state index in [-0.39, 0.29) is 18.6 Å². The number of aryl methyl sites for hydroxylation is 1. The summed E-state index contributed by atoms with van der Waals surface area (Å²) in [5, 5.41) is 0. The maximum atomic E-state index is 12.8. The van der Waals surface area contributed by atoms with Crippen LogP contribution in [0.5, 0.6) is 5.75 Å². The number of nitrogens with zero attached hydrogens (tertiary/aromatic N) is 1. The van der Waals surface area contributed by atoms with E-state index in [1.807, 2.05) is 54.3 Å². The largest absolute Gasteiger partial charge is 0.484 e. The van der Waals surface area contributed by atoms with E-state index >= 15 is 0 Å². The van der Waals surface area contributed by atoms with Crippen LogP contribution in [0.25, 0.3) is 0 Å². The van der Waals surface area contributed by atoms with Gasteiger partial charge in [0, 0.05) is 12.6 Å². The van der Waals surface area contributed by atoms with E-state index in [9.17, 15) is 4.79 Å². The molecule has 0 aromatic heterocycles. The molecule has 1 aliphatic rings. The molecule has 1 saturated carbocycles. The fourth-order valence-electron chi connectivity index (χ4n) is 3.01. The Morgan fingerprint density at radius 3 is 2.46 bits per heavy atom. The summed E-state index contributed by atoms with van der Waals surface area (Å²) in [7, 11) is 0. The van der Waals surface area contributed by atoms with E-state index in [1.165, 1.54) is 12.8 Å². The van der Waals surface area contributed by atoms with Gasteiger partial charge in [0.15, 0.2) is 6.61 Å². The average Bonchev–Trinajstić information content (AvgIpc) is 3.44. The Labute approximate surface area is 144 Å². The molecule has 0 saturated heterocycles. The van der Waals surface area contributed by atoms with Crippen LogP contribution in [-0.2, 0) is 11.3 Å². The number of carbonyl (C=O) groups is 1. The molecule has 2 aromatic rings. The molecule has 126 valence electrons. The third-order valence-corrected chi connectivity index (χ3v) is 4.76. The van der Waals surface area contributed by atoms with E-state index < -0.39 is 0 Å². The average molecular weight is 323 g/mol. The fourth-order valence-corrected chi connectivity index (χ4v) is 3.01. The zero-order valence-corrected chi connectivity index (χ0v) is 14.4. The molecule has 1 amide bonds. The Morgan fingerprint density at radius 2 is 1.79 bits per heavy atom.